The van der Waals surface area contributed by atoms with Crippen LogP contribution in [0.3, 0.4) is 0 Å². The zero-order valence-corrected chi connectivity index (χ0v) is 21.5. The molecule has 1 aliphatic carbocycles. The van der Waals surface area contributed by atoms with E-state index in [0.29, 0.717) is 18.3 Å². The monoisotopic (exact) mass is 475 g/mol. The van der Waals surface area contributed by atoms with Gasteiger partial charge in [0.15, 0.2) is 0 Å². The molecule has 2 aliphatic rings. The number of fused-ring (bicyclic) bond motifs is 4. The summed E-state index contributed by atoms with van der Waals surface area (Å²) in [5.41, 5.74) is 4.57. The summed E-state index contributed by atoms with van der Waals surface area (Å²) < 4.78 is 14.1. The number of rotatable bonds is 5. The largest absolute Gasteiger partial charge is 0.356 e. The maximum absolute atomic E-state index is 14.1. The van der Waals surface area contributed by atoms with Gasteiger partial charge in [-0.1, -0.05) is 44.2 Å². The lowest BCUT2D eigenvalue weighted by Crippen LogP contribution is -2.55. The van der Waals surface area contributed by atoms with Crippen LogP contribution >= 0.6 is 0 Å². The molecule has 1 amide bonds. The fourth-order valence-corrected chi connectivity index (χ4v) is 6.89. The molecule has 2 aromatic carbocycles. The highest BCUT2D eigenvalue weighted by Gasteiger charge is 2.49. The Hall–Kier alpha value is -2.66. The van der Waals surface area contributed by atoms with Gasteiger partial charge < -0.3 is 14.8 Å². The maximum Gasteiger partial charge on any atom is 0.223 e. The number of carbonyl (C=O) groups excluding carboxylic acids is 1. The van der Waals surface area contributed by atoms with Crippen LogP contribution in [0.1, 0.15) is 68.8 Å². The van der Waals surface area contributed by atoms with E-state index in [1.54, 1.807) is 6.07 Å². The second-order valence-corrected chi connectivity index (χ2v) is 11.2. The molecule has 5 heteroatoms. The van der Waals surface area contributed by atoms with Crippen LogP contribution in [0.5, 0.6) is 0 Å². The van der Waals surface area contributed by atoms with Gasteiger partial charge in [-0.15, -0.1) is 0 Å². The first kappa shape index (κ1) is 24.1. The minimum absolute atomic E-state index is 0.161. The molecule has 1 fully saturated rings. The number of benzene rings is 2. The minimum atomic E-state index is -0.284. The summed E-state index contributed by atoms with van der Waals surface area (Å²) in [5, 5.41) is 1.30. The number of hydrogen-bond donors (Lipinski definition) is 1. The van der Waals surface area contributed by atoms with Crippen molar-refractivity contribution in [2.24, 2.45) is 11.8 Å². The van der Waals surface area contributed by atoms with E-state index >= 15 is 0 Å². The standard InChI is InChI=1S/C30H38FN3O/c1-20(2)18-27(35)34-17-14-25-24-10-5-6-11-26(24)32-29(25)30(34)15-12-21(13-16-30)28(33(3)4)22-8-7-9-23(31)19-22/h5-11,19-21,28,32H,12-18H2,1-4H3. The van der Waals surface area contributed by atoms with Crippen LogP contribution < -0.4 is 0 Å². The number of carbonyl (C=O) groups is 1. The Bertz CT molecular complexity index is 1210. The third-order valence-electron chi connectivity index (χ3n) is 8.32. The van der Waals surface area contributed by atoms with Crippen LogP contribution in [0.25, 0.3) is 10.9 Å². The summed E-state index contributed by atoms with van der Waals surface area (Å²) in [6, 6.07) is 15.8. The zero-order valence-electron chi connectivity index (χ0n) is 21.5. The molecule has 1 aromatic heterocycles. The van der Waals surface area contributed by atoms with Crippen LogP contribution in [0, 0.1) is 17.7 Å². The molecule has 4 nitrogen and oxygen atoms in total. The van der Waals surface area contributed by atoms with Crippen LogP contribution in [0.15, 0.2) is 48.5 Å². The Balaban J connectivity index is 1.51. The Labute approximate surface area is 208 Å². The number of hydrogen-bond acceptors (Lipinski definition) is 2. The molecule has 1 saturated carbocycles. The second-order valence-electron chi connectivity index (χ2n) is 11.2. The van der Waals surface area contributed by atoms with Crippen molar-refractivity contribution in [1.29, 1.82) is 0 Å². The number of aromatic nitrogens is 1. The molecular formula is C30H38FN3O. The minimum Gasteiger partial charge on any atom is -0.356 e. The number of amides is 1. The van der Waals surface area contributed by atoms with Gasteiger partial charge in [0, 0.05) is 35.6 Å². The van der Waals surface area contributed by atoms with E-state index in [1.165, 1.54) is 28.2 Å². The van der Waals surface area contributed by atoms with Crippen LogP contribution in [-0.4, -0.2) is 41.3 Å². The highest BCUT2D eigenvalue weighted by molar-refractivity contribution is 5.86. The quantitative estimate of drug-likeness (QED) is 0.462. The third kappa shape index (κ3) is 4.29. The summed E-state index contributed by atoms with van der Waals surface area (Å²) >= 11 is 0. The van der Waals surface area contributed by atoms with E-state index < -0.39 is 0 Å². The predicted octanol–water partition coefficient (Wildman–Crippen LogP) is 6.43. The summed E-state index contributed by atoms with van der Waals surface area (Å²) in [5.74, 6) is 0.847. The van der Waals surface area contributed by atoms with Gasteiger partial charge in [-0.05, 0) is 87.4 Å². The van der Waals surface area contributed by atoms with Crippen molar-refractivity contribution in [2.75, 3.05) is 20.6 Å². The molecule has 5 rings (SSSR count). The fraction of sp³-hybridized carbons (Fsp3) is 0.500. The second kappa shape index (κ2) is 9.42. The number of halogens is 1. The van der Waals surface area contributed by atoms with E-state index in [1.807, 2.05) is 12.1 Å². The molecule has 1 atom stereocenters. The molecule has 0 radical (unpaired) electrons. The third-order valence-corrected chi connectivity index (χ3v) is 8.32. The van der Waals surface area contributed by atoms with Crippen molar-refractivity contribution in [3.05, 3.63) is 71.2 Å². The number of nitrogens with zero attached hydrogens (tertiary/aromatic N) is 2. The zero-order chi connectivity index (χ0) is 24.7. The molecule has 1 spiro atoms. The van der Waals surface area contributed by atoms with E-state index in [9.17, 15) is 9.18 Å². The average Bonchev–Trinajstić information content (AvgIpc) is 3.20. The van der Waals surface area contributed by atoms with Crippen molar-refractivity contribution < 1.29 is 9.18 Å². The summed E-state index contributed by atoms with van der Waals surface area (Å²) in [4.78, 5) is 21.8. The molecule has 3 aromatic rings. The van der Waals surface area contributed by atoms with Crippen molar-refractivity contribution in [2.45, 2.75) is 64.0 Å². The van der Waals surface area contributed by atoms with E-state index in [4.69, 9.17) is 0 Å². The predicted molar refractivity (Wildman–Crippen MR) is 140 cm³/mol. The first-order valence-corrected chi connectivity index (χ1v) is 13.1. The molecule has 0 saturated heterocycles. The lowest BCUT2D eigenvalue weighted by Gasteiger charge is -2.52. The molecule has 1 N–H and O–H groups in total. The fourth-order valence-electron chi connectivity index (χ4n) is 6.89. The molecule has 186 valence electrons. The molecular weight excluding hydrogens is 437 g/mol. The van der Waals surface area contributed by atoms with Crippen LogP contribution in [0.4, 0.5) is 4.39 Å². The number of H-pyrrole nitrogens is 1. The first-order valence-electron chi connectivity index (χ1n) is 13.1. The summed E-state index contributed by atoms with van der Waals surface area (Å²) in [6.07, 6.45) is 5.35. The van der Waals surface area contributed by atoms with Crippen LogP contribution in [-0.2, 0) is 16.8 Å². The molecule has 2 heterocycles. The van der Waals surface area contributed by atoms with Gasteiger partial charge in [-0.2, -0.15) is 0 Å². The van der Waals surface area contributed by atoms with Crippen molar-refractivity contribution in [3.8, 4) is 0 Å². The van der Waals surface area contributed by atoms with Gasteiger partial charge in [-0.3, -0.25) is 4.79 Å². The Kier molecular flexibility index (Phi) is 6.47. The van der Waals surface area contributed by atoms with E-state index in [2.05, 4.69) is 67.0 Å². The van der Waals surface area contributed by atoms with Crippen molar-refractivity contribution >= 4 is 16.8 Å². The molecule has 0 bridgehead atoms. The number of nitrogens with one attached hydrogen (secondary N) is 1. The lowest BCUT2D eigenvalue weighted by atomic mass is 9.68. The van der Waals surface area contributed by atoms with Crippen molar-refractivity contribution in [1.82, 2.24) is 14.8 Å². The number of para-hydroxylation sites is 1. The van der Waals surface area contributed by atoms with E-state index in [-0.39, 0.29) is 23.3 Å². The normalized spacial score (nSPS) is 23.3. The first-order chi connectivity index (χ1) is 16.8. The van der Waals surface area contributed by atoms with Gasteiger partial charge in [0.2, 0.25) is 5.91 Å². The smallest absolute Gasteiger partial charge is 0.223 e. The Morgan fingerprint density at radius 2 is 1.89 bits per heavy atom. The van der Waals surface area contributed by atoms with E-state index in [0.717, 1.165) is 44.2 Å². The SMILES string of the molecule is CC(C)CC(=O)N1CCc2c([nH]c3ccccc23)C12CCC(C(c1cccc(F)c1)N(C)C)CC2. The average molecular weight is 476 g/mol. The highest BCUT2D eigenvalue weighted by atomic mass is 19.1. The highest BCUT2D eigenvalue weighted by Crippen LogP contribution is 2.51. The van der Waals surface area contributed by atoms with Crippen molar-refractivity contribution in [3.63, 3.8) is 0 Å². The molecule has 1 aliphatic heterocycles. The molecule has 35 heavy (non-hydrogen) atoms. The maximum atomic E-state index is 14.1. The van der Waals surface area contributed by atoms with Gasteiger partial charge in [-0.25, -0.2) is 4.39 Å². The summed E-state index contributed by atoms with van der Waals surface area (Å²) in [6.45, 7) is 5.03. The van der Waals surface area contributed by atoms with Gasteiger partial charge in [0.05, 0.1) is 5.54 Å². The van der Waals surface area contributed by atoms with Gasteiger partial charge in [0.1, 0.15) is 5.82 Å². The molecule has 1 unspecified atom stereocenters. The lowest BCUT2D eigenvalue weighted by molar-refractivity contribution is -0.142. The van der Waals surface area contributed by atoms with Gasteiger partial charge in [0.25, 0.3) is 0 Å². The number of aromatic amines is 1. The topological polar surface area (TPSA) is 39.3 Å². The summed E-state index contributed by atoms with van der Waals surface area (Å²) in [7, 11) is 4.18. The Morgan fingerprint density at radius 1 is 1.14 bits per heavy atom. The Morgan fingerprint density at radius 3 is 2.57 bits per heavy atom. The van der Waals surface area contributed by atoms with Crippen LogP contribution in [0.2, 0.25) is 0 Å². The van der Waals surface area contributed by atoms with Gasteiger partial charge >= 0.3 is 0 Å².